The number of carbonyl (C=O) groups is 2. The van der Waals surface area contributed by atoms with Gasteiger partial charge in [-0.05, 0) is 0 Å². The van der Waals surface area contributed by atoms with E-state index in [-0.39, 0.29) is 0 Å². The average Bonchev–Trinajstić information content (AvgIpc) is 2.63. The number of carbonyl (C=O) groups excluding carboxylic acids is 2. The first-order chi connectivity index (χ1) is 14.8. The van der Waals surface area contributed by atoms with E-state index in [1.54, 1.807) is 0 Å². The molecular weight excluding hydrogens is 554 g/mol. The van der Waals surface area contributed by atoms with Gasteiger partial charge in [0.2, 0.25) is 0 Å². The highest BCUT2D eigenvalue weighted by Crippen LogP contribution is 2.44. The second-order valence-electron chi connectivity index (χ2n) is 5.86. The Morgan fingerprint density at radius 2 is 1.00 bits per heavy atom. The van der Waals surface area contributed by atoms with Crippen molar-refractivity contribution in [2.75, 3.05) is 0 Å². The van der Waals surface area contributed by atoms with Gasteiger partial charge in [0.25, 0.3) is 10.1 Å². The van der Waals surface area contributed by atoms with Gasteiger partial charge >= 0.3 is 61.2 Å². The maximum atomic E-state index is 13.2. The summed E-state index contributed by atoms with van der Waals surface area (Å²) in [6, 6.07) is 0. The highest BCUT2D eigenvalue weighted by Gasteiger charge is 2.70. The predicted molar refractivity (Wildman–Crippen MR) is 73.7 cm³/mol. The molecule has 202 valence electrons. The molecule has 0 aromatic rings. The van der Waals surface area contributed by atoms with Crippen molar-refractivity contribution in [3.05, 3.63) is 0 Å². The van der Waals surface area contributed by atoms with Crippen molar-refractivity contribution in [1.29, 1.82) is 0 Å². The Morgan fingerprint density at radius 3 is 1.29 bits per heavy atom. The summed E-state index contributed by atoms with van der Waals surface area (Å²) in [5, 5.41) is -3.80. The molecule has 3 atom stereocenters. The SMILES string of the molecule is O=C(CC(C(=O)OC(F)C(F)(F)C(F)(F)C(F)F)S(=O)(=O)O)OC(F)C(F)(F)C(F)(F)C(F)F. The van der Waals surface area contributed by atoms with Crippen molar-refractivity contribution in [3.8, 4) is 0 Å². The Labute approximate surface area is 177 Å². The van der Waals surface area contributed by atoms with E-state index in [0.29, 0.717) is 0 Å². The van der Waals surface area contributed by atoms with Crippen LogP contribution < -0.4 is 0 Å². The zero-order valence-corrected chi connectivity index (χ0v) is 16.0. The Balaban J connectivity index is 5.67. The second kappa shape index (κ2) is 10.2. The molecule has 0 saturated carbocycles. The first kappa shape index (κ1) is 31.9. The van der Waals surface area contributed by atoms with Crippen LogP contribution >= 0.6 is 0 Å². The molecule has 0 aliphatic rings. The van der Waals surface area contributed by atoms with E-state index in [1.807, 2.05) is 0 Å². The molecule has 0 bridgehead atoms. The number of hydrogen-bond acceptors (Lipinski definition) is 6. The molecule has 1 N–H and O–H groups in total. The molecule has 3 unspecified atom stereocenters. The fourth-order valence-electron chi connectivity index (χ4n) is 1.54. The maximum absolute atomic E-state index is 13.2. The minimum atomic E-state index is -6.58. The summed E-state index contributed by atoms with van der Waals surface area (Å²) in [5.74, 6) is -32.2. The van der Waals surface area contributed by atoms with Gasteiger partial charge in [-0.15, -0.1) is 0 Å². The molecule has 0 radical (unpaired) electrons. The molecule has 0 aliphatic heterocycles. The van der Waals surface area contributed by atoms with Gasteiger partial charge in [0.15, 0.2) is 5.25 Å². The van der Waals surface area contributed by atoms with Crippen LogP contribution in [0.5, 0.6) is 0 Å². The average molecular weight is 562 g/mol. The second-order valence-corrected chi connectivity index (χ2v) is 7.46. The Hall–Kier alpha value is -2.13. The monoisotopic (exact) mass is 562 g/mol. The van der Waals surface area contributed by atoms with Crippen LogP contribution in [0.25, 0.3) is 0 Å². The largest absolute Gasteiger partial charge is 0.424 e. The summed E-state index contributed by atoms with van der Waals surface area (Å²) >= 11 is 0. The third-order valence-corrected chi connectivity index (χ3v) is 4.51. The molecule has 0 heterocycles. The van der Waals surface area contributed by atoms with Crippen molar-refractivity contribution in [2.24, 2.45) is 0 Å². The first-order valence-corrected chi connectivity index (χ1v) is 9.07. The molecule has 0 rings (SSSR count). The van der Waals surface area contributed by atoms with Crippen LogP contribution in [0.1, 0.15) is 6.42 Å². The molecule has 0 aromatic carbocycles. The third kappa shape index (κ3) is 6.50. The number of alkyl halides is 14. The lowest BCUT2D eigenvalue weighted by molar-refractivity contribution is -0.319. The lowest BCUT2D eigenvalue weighted by Gasteiger charge is -2.28. The quantitative estimate of drug-likeness (QED) is 0.221. The van der Waals surface area contributed by atoms with Gasteiger partial charge in [0.1, 0.15) is 0 Å². The summed E-state index contributed by atoms with van der Waals surface area (Å²) in [4.78, 5) is 22.6. The summed E-state index contributed by atoms with van der Waals surface area (Å²) in [6.07, 6.45) is -23.2. The maximum Gasteiger partial charge on any atom is 0.381 e. The molecule has 0 fully saturated rings. The van der Waals surface area contributed by atoms with E-state index in [9.17, 15) is 79.5 Å². The summed E-state index contributed by atoms with van der Waals surface area (Å²) in [7, 11) is -6.22. The normalized spacial score (nSPS) is 16.9. The van der Waals surface area contributed by atoms with Crippen LogP contribution in [0.4, 0.5) is 61.5 Å². The number of ether oxygens (including phenoxy) is 2. The summed E-state index contributed by atoms with van der Waals surface area (Å²) in [5.41, 5.74) is 0. The standard InChI is InChI=1S/C12H8F14O7S/c13-5(14)9(19,20)11(23,24)7(17)32-3(27)1-2(34(29,30)31)4(28)33-8(18)12(25,26)10(21,22)6(15)16/h2,5-8H,1H2,(H,29,30,31). The van der Waals surface area contributed by atoms with E-state index in [1.165, 1.54) is 0 Å². The zero-order valence-electron chi connectivity index (χ0n) is 15.2. The van der Waals surface area contributed by atoms with Crippen LogP contribution in [0, 0.1) is 0 Å². The number of halogens is 14. The van der Waals surface area contributed by atoms with Crippen LogP contribution in [0.15, 0.2) is 0 Å². The minimum Gasteiger partial charge on any atom is -0.424 e. The number of hydrogen-bond donors (Lipinski definition) is 1. The van der Waals surface area contributed by atoms with Crippen molar-refractivity contribution < 1.29 is 93.5 Å². The van der Waals surface area contributed by atoms with Gasteiger partial charge in [0, 0.05) is 0 Å². The van der Waals surface area contributed by atoms with E-state index in [0.717, 1.165) is 0 Å². The topological polar surface area (TPSA) is 107 Å². The molecule has 0 aliphatic carbocycles. The molecule has 0 spiro atoms. The Kier molecular flexibility index (Phi) is 9.60. The first-order valence-electron chi connectivity index (χ1n) is 7.57. The summed E-state index contributed by atoms with van der Waals surface area (Å²) < 4.78 is 213. The van der Waals surface area contributed by atoms with Gasteiger partial charge in [-0.3, -0.25) is 14.1 Å². The highest BCUT2D eigenvalue weighted by atomic mass is 32.2. The lowest BCUT2D eigenvalue weighted by atomic mass is 10.1. The molecule has 0 aromatic heterocycles. The highest BCUT2D eigenvalue weighted by molar-refractivity contribution is 7.87. The van der Waals surface area contributed by atoms with Gasteiger partial charge < -0.3 is 9.47 Å². The number of esters is 2. The van der Waals surface area contributed by atoms with Crippen LogP contribution in [0.2, 0.25) is 0 Å². The number of rotatable bonds is 12. The van der Waals surface area contributed by atoms with Crippen molar-refractivity contribution >= 4 is 22.1 Å². The van der Waals surface area contributed by atoms with E-state index >= 15 is 0 Å². The van der Waals surface area contributed by atoms with Crippen molar-refractivity contribution in [2.45, 2.75) is 60.9 Å². The van der Waals surface area contributed by atoms with E-state index < -0.39 is 83.0 Å². The zero-order chi connectivity index (χ0) is 27.7. The third-order valence-electron chi connectivity index (χ3n) is 3.44. The van der Waals surface area contributed by atoms with E-state index in [4.69, 9.17) is 4.55 Å². The van der Waals surface area contributed by atoms with Crippen LogP contribution in [-0.2, 0) is 29.2 Å². The molecule has 22 heteroatoms. The fourth-order valence-corrected chi connectivity index (χ4v) is 2.19. The van der Waals surface area contributed by atoms with Crippen molar-refractivity contribution in [3.63, 3.8) is 0 Å². The van der Waals surface area contributed by atoms with Gasteiger partial charge in [-0.2, -0.15) is 52.3 Å². The molecule has 0 saturated heterocycles. The van der Waals surface area contributed by atoms with E-state index in [2.05, 4.69) is 9.47 Å². The Morgan fingerprint density at radius 1 is 0.676 bits per heavy atom. The molecular formula is C12H8F14O7S. The smallest absolute Gasteiger partial charge is 0.381 e. The van der Waals surface area contributed by atoms with Gasteiger partial charge in [-0.1, -0.05) is 0 Å². The van der Waals surface area contributed by atoms with Gasteiger partial charge in [-0.25, -0.2) is 17.6 Å². The molecule has 7 nitrogen and oxygen atoms in total. The van der Waals surface area contributed by atoms with Crippen LogP contribution in [-0.4, -0.2) is 79.4 Å². The van der Waals surface area contributed by atoms with Crippen LogP contribution in [0.3, 0.4) is 0 Å². The molecule has 34 heavy (non-hydrogen) atoms. The van der Waals surface area contributed by atoms with Crippen molar-refractivity contribution in [1.82, 2.24) is 0 Å². The predicted octanol–water partition coefficient (Wildman–Crippen LogP) is 3.38. The Bertz CT molecular complexity index is 846. The fraction of sp³-hybridized carbons (Fsp3) is 0.833. The lowest BCUT2D eigenvalue weighted by Crippen LogP contribution is -2.54. The minimum absolute atomic E-state index is 2.57. The molecule has 0 amide bonds. The summed E-state index contributed by atoms with van der Waals surface area (Å²) in [6.45, 7) is 0. The van der Waals surface area contributed by atoms with Gasteiger partial charge in [0.05, 0.1) is 6.42 Å².